The van der Waals surface area contributed by atoms with Crippen LogP contribution in [0.2, 0.25) is 0 Å². The van der Waals surface area contributed by atoms with Crippen molar-refractivity contribution in [2.75, 3.05) is 13.1 Å². The van der Waals surface area contributed by atoms with Gasteiger partial charge in [0.1, 0.15) is 6.61 Å². The van der Waals surface area contributed by atoms with E-state index in [1.54, 1.807) is 12.1 Å². The highest BCUT2D eigenvalue weighted by Crippen LogP contribution is 2.13. The van der Waals surface area contributed by atoms with Gasteiger partial charge in [0, 0.05) is 12.1 Å². The normalized spacial score (nSPS) is 11.7. The monoisotopic (exact) mass is 535 g/mol. The van der Waals surface area contributed by atoms with E-state index in [1.165, 1.54) is 0 Å². The van der Waals surface area contributed by atoms with Gasteiger partial charge in [-0.3, -0.25) is 9.59 Å². The molecular formula is C29H37N5O5. The Balaban J connectivity index is 1.58. The molecule has 0 bridgehead atoms. The standard InChI is InChI=1S/C29H37N5O5/c1-20(2)15-17-31-28(36)23-13-11-21(12-14-23)18-25-33-27(34-39-25)26(35)24(10-6-7-16-30)32-29(37)38-19-22-8-4-3-5-9-22/h3-5,8-9,11-14,20,24H,6-7,10,15-19,30H2,1-2H3,(H,31,36)(H,32,37)/t24-/m0/s1. The van der Waals surface area contributed by atoms with Crippen molar-refractivity contribution in [1.82, 2.24) is 20.8 Å². The van der Waals surface area contributed by atoms with Crippen molar-refractivity contribution < 1.29 is 23.6 Å². The minimum atomic E-state index is -0.876. The molecule has 0 fully saturated rings. The third-order valence-corrected chi connectivity index (χ3v) is 6.04. The maximum atomic E-state index is 13.1. The maximum absolute atomic E-state index is 13.1. The largest absolute Gasteiger partial charge is 0.445 e. The number of nitrogens with one attached hydrogen (secondary N) is 2. The van der Waals surface area contributed by atoms with Crippen molar-refractivity contribution in [2.24, 2.45) is 11.7 Å². The lowest BCUT2D eigenvalue weighted by Crippen LogP contribution is -2.41. The van der Waals surface area contributed by atoms with Crippen molar-refractivity contribution >= 4 is 17.8 Å². The number of unbranched alkanes of at least 4 members (excludes halogenated alkanes) is 1. The molecule has 0 aliphatic carbocycles. The smallest absolute Gasteiger partial charge is 0.408 e. The van der Waals surface area contributed by atoms with E-state index in [9.17, 15) is 14.4 Å². The minimum Gasteiger partial charge on any atom is -0.445 e. The van der Waals surface area contributed by atoms with Crippen LogP contribution in [0.1, 0.15) is 77.5 Å². The maximum Gasteiger partial charge on any atom is 0.408 e. The zero-order valence-electron chi connectivity index (χ0n) is 22.5. The lowest BCUT2D eigenvalue weighted by molar-refractivity contribution is 0.0896. The number of rotatable bonds is 15. The summed E-state index contributed by atoms with van der Waals surface area (Å²) < 4.78 is 10.6. The van der Waals surface area contributed by atoms with Gasteiger partial charge in [-0.15, -0.1) is 0 Å². The van der Waals surface area contributed by atoms with Crippen LogP contribution < -0.4 is 16.4 Å². The molecule has 1 heterocycles. The summed E-state index contributed by atoms with van der Waals surface area (Å²) in [5, 5.41) is 9.38. The average Bonchev–Trinajstić information content (AvgIpc) is 3.40. The quantitative estimate of drug-likeness (QED) is 0.195. The number of carbonyl (C=O) groups is 3. The van der Waals surface area contributed by atoms with Crippen molar-refractivity contribution in [2.45, 2.75) is 58.6 Å². The molecule has 2 amide bonds. The Morgan fingerprint density at radius 1 is 0.974 bits per heavy atom. The van der Waals surface area contributed by atoms with Crippen LogP contribution in [0.3, 0.4) is 0 Å². The molecule has 4 N–H and O–H groups in total. The van der Waals surface area contributed by atoms with Gasteiger partial charge in [0.15, 0.2) is 0 Å². The van der Waals surface area contributed by atoms with Crippen LogP contribution in [-0.2, 0) is 17.8 Å². The fourth-order valence-corrected chi connectivity index (χ4v) is 3.78. The van der Waals surface area contributed by atoms with Gasteiger partial charge in [-0.05, 0) is 61.4 Å². The first kappa shape index (κ1) is 29.5. The molecule has 1 atom stereocenters. The average molecular weight is 536 g/mol. The molecule has 0 aliphatic heterocycles. The number of alkyl carbamates (subject to hydrolysis) is 1. The van der Waals surface area contributed by atoms with Crippen LogP contribution in [-0.4, -0.2) is 47.1 Å². The van der Waals surface area contributed by atoms with E-state index in [0.29, 0.717) is 50.3 Å². The van der Waals surface area contributed by atoms with Crippen molar-refractivity contribution in [3.05, 3.63) is 83.0 Å². The van der Waals surface area contributed by atoms with Crippen LogP contribution >= 0.6 is 0 Å². The molecule has 3 aromatic rings. The molecule has 2 aromatic carbocycles. The number of Topliss-reactive ketones (excluding diaryl/α,β-unsaturated/α-hetero) is 1. The van der Waals surface area contributed by atoms with E-state index >= 15 is 0 Å². The van der Waals surface area contributed by atoms with Crippen LogP contribution in [0.5, 0.6) is 0 Å². The lowest BCUT2D eigenvalue weighted by Gasteiger charge is -2.16. The minimum absolute atomic E-state index is 0.0845. The number of ketones is 1. The summed E-state index contributed by atoms with van der Waals surface area (Å²) in [5.74, 6) is 0.0619. The number of benzene rings is 2. The van der Waals surface area contributed by atoms with E-state index in [1.807, 2.05) is 42.5 Å². The Labute approximate surface area is 228 Å². The zero-order chi connectivity index (χ0) is 28.0. The van der Waals surface area contributed by atoms with Crippen molar-refractivity contribution in [1.29, 1.82) is 0 Å². The van der Waals surface area contributed by atoms with E-state index in [2.05, 4.69) is 34.6 Å². The number of nitrogens with two attached hydrogens (primary N) is 1. The summed E-state index contributed by atoms with van der Waals surface area (Å²) in [4.78, 5) is 42.1. The molecule has 1 aromatic heterocycles. The Kier molecular flexibility index (Phi) is 11.6. The molecular weight excluding hydrogens is 498 g/mol. The Morgan fingerprint density at radius 2 is 1.72 bits per heavy atom. The van der Waals surface area contributed by atoms with E-state index in [0.717, 1.165) is 17.5 Å². The molecule has 0 saturated heterocycles. The van der Waals surface area contributed by atoms with Crippen LogP contribution in [0, 0.1) is 5.92 Å². The molecule has 10 nitrogen and oxygen atoms in total. The topological polar surface area (TPSA) is 149 Å². The number of carbonyl (C=O) groups excluding carboxylic acids is 3. The Bertz CT molecular complexity index is 1190. The number of amides is 2. The fraction of sp³-hybridized carbons (Fsp3) is 0.414. The molecule has 39 heavy (non-hydrogen) atoms. The number of hydrogen-bond acceptors (Lipinski definition) is 8. The van der Waals surface area contributed by atoms with Gasteiger partial charge >= 0.3 is 6.09 Å². The molecule has 10 heteroatoms. The van der Waals surface area contributed by atoms with Gasteiger partial charge in [-0.1, -0.05) is 61.5 Å². The van der Waals surface area contributed by atoms with Gasteiger partial charge in [-0.25, -0.2) is 4.79 Å². The van der Waals surface area contributed by atoms with Crippen molar-refractivity contribution in [3.63, 3.8) is 0 Å². The first-order chi connectivity index (χ1) is 18.9. The summed E-state index contributed by atoms with van der Waals surface area (Å²) in [7, 11) is 0. The molecule has 208 valence electrons. The molecule has 0 saturated carbocycles. The van der Waals surface area contributed by atoms with Gasteiger partial charge in [0.2, 0.25) is 17.5 Å². The fourth-order valence-electron chi connectivity index (χ4n) is 3.78. The predicted octanol–water partition coefficient (Wildman–Crippen LogP) is 4.04. The highest BCUT2D eigenvalue weighted by atomic mass is 16.5. The molecule has 0 aliphatic rings. The first-order valence-corrected chi connectivity index (χ1v) is 13.3. The Morgan fingerprint density at radius 3 is 2.41 bits per heavy atom. The highest BCUT2D eigenvalue weighted by molar-refractivity contribution is 5.98. The third-order valence-electron chi connectivity index (χ3n) is 6.04. The number of ether oxygens (including phenoxy) is 1. The zero-order valence-corrected chi connectivity index (χ0v) is 22.5. The van der Waals surface area contributed by atoms with Gasteiger partial charge in [0.05, 0.1) is 12.5 Å². The summed E-state index contributed by atoms with van der Waals surface area (Å²) >= 11 is 0. The molecule has 0 radical (unpaired) electrons. The summed E-state index contributed by atoms with van der Waals surface area (Å²) in [5.41, 5.74) is 7.84. The summed E-state index contributed by atoms with van der Waals surface area (Å²) in [6.07, 6.45) is 2.20. The third kappa shape index (κ3) is 9.97. The number of nitrogens with zero attached hydrogens (tertiary/aromatic N) is 2. The first-order valence-electron chi connectivity index (χ1n) is 13.3. The second kappa shape index (κ2) is 15.4. The number of hydrogen-bond donors (Lipinski definition) is 3. The highest BCUT2D eigenvalue weighted by Gasteiger charge is 2.27. The lowest BCUT2D eigenvalue weighted by atomic mass is 10.0. The second-order valence-electron chi connectivity index (χ2n) is 9.73. The van der Waals surface area contributed by atoms with E-state index < -0.39 is 17.9 Å². The van der Waals surface area contributed by atoms with Crippen LogP contribution in [0.15, 0.2) is 59.1 Å². The second-order valence-corrected chi connectivity index (χ2v) is 9.73. The van der Waals surface area contributed by atoms with Gasteiger partial charge in [-0.2, -0.15) is 4.98 Å². The summed E-state index contributed by atoms with van der Waals surface area (Å²) in [6.45, 7) is 5.41. The Hall–Kier alpha value is -4.05. The van der Waals surface area contributed by atoms with Gasteiger partial charge in [0.25, 0.3) is 5.91 Å². The van der Waals surface area contributed by atoms with Gasteiger partial charge < -0.3 is 25.6 Å². The number of aromatic nitrogens is 2. The van der Waals surface area contributed by atoms with Crippen LogP contribution in [0.25, 0.3) is 0 Å². The summed E-state index contributed by atoms with van der Waals surface area (Å²) in [6, 6.07) is 15.5. The SMILES string of the molecule is CC(C)CCNC(=O)c1ccc(Cc2nc(C(=O)[C@H](CCCCN)NC(=O)OCc3ccccc3)no2)cc1. The van der Waals surface area contributed by atoms with Crippen LogP contribution in [0.4, 0.5) is 4.79 Å². The van der Waals surface area contributed by atoms with E-state index in [-0.39, 0.29) is 24.2 Å². The van der Waals surface area contributed by atoms with E-state index in [4.69, 9.17) is 15.0 Å². The molecule has 3 rings (SSSR count). The van der Waals surface area contributed by atoms with Crippen molar-refractivity contribution in [3.8, 4) is 0 Å². The molecule has 0 unspecified atom stereocenters. The predicted molar refractivity (Wildman–Crippen MR) is 146 cm³/mol. The molecule has 0 spiro atoms.